The molecule has 0 fully saturated rings. The van der Waals surface area contributed by atoms with Crippen LogP contribution in [0.25, 0.3) is 5.69 Å². The van der Waals surface area contributed by atoms with Gasteiger partial charge in [0.15, 0.2) is 0 Å². The molecule has 0 saturated carbocycles. The van der Waals surface area contributed by atoms with Crippen LogP contribution in [0.2, 0.25) is 5.02 Å². The van der Waals surface area contributed by atoms with Crippen LogP contribution in [-0.2, 0) is 13.0 Å². The monoisotopic (exact) mass is 264 g/mol. The molecule has 0 atom stereocenters. The standard InChI is InChI=1S/C13H17ClN4/c1-3-4-13-11(8-15)16-17-18(13)12-6-5-10(14)7-9(12)2/h5-7H,3-4,8,15H2,1-2H3. The quantitative estimate of drug-likeness (QED) is 0.924. The molecule has 4 nitrogen and oxygen atoms in total. The number of benzene rings is 1. The Morgan fingerprint density at radius 3 is 2.78 bits per heavy atom. The average Bonchev–Trinajstić information content (AvgIpc) is 2.73. The van der Waals surface area contributed by atoms with Crippen molar-refractivity contribution in [2.45, 2.75) is 33.2 Å². The predicted octanol–water partition coefficient (Wildman–Crippen LogP) is 2.64. The smallest absolute Gasteiger partial charge is 0.0999 e. The van der Waals surface area contributed by atoms with Crippen molar-refractivity contribution in [3.8, 4) is 5.69 Å². The molecule has 96 valence electrons. The minimum Gasteiger partial charge on any atom is -0.325 e. The third-order valence-electron chi connectivity index (χ3n) is 2.91. The van der Waals surface area contributed by atoms with E-state index in [1.54, 1.807) is 0 Å². The lowest BCUT2D eigenvalue weighted by atomic mass is 10.1. The second-order valence-corrected chi connectivity index (χ2v) is 4.72. The van der Waals surface area contributed by atoms with Gasteiger partial charge in [0.2, 0.25) is 0 Å². The lowest BCUT2D eigenvalue weighted by Gasteiger charge is -2.09. The van der Waals surface area contributed by atoms with E-state index in [2.05, 4.69) is 17.2 Å². The Hall–Kier alpha value is -1.39. The first-order valence-electron chi connectivity index (χ1n) is 6.07. The van der Waals surface area contributed by atoms with Crippen LogP contribution in [0.1, 0.15) is 30.3 Å². The molecular weight excluding hydrogens is 248 g/mol. The van der Waals surface area contributed by atoms with Crippen LogP contribution in [0.15, 0.2) is 18.2 Å². The molecule has 0 spiro atoms. The van der Waals surface area contributed by atoms with Gasteiger partial charge in [-0.2, -0.15) is 0 Å². The fourth-order valence-corrected chi connectivity index (χ4v) is 2.26. The van der Waals surface area contributed by atoms with Gasteiger partial charge in [0.1, 0.15) is 0 Å². The summed E-state index contributed by atoms with van der Waals surface area (Å²) in [7, 11) is 0. The van der Waals surface area contributed by atoms with Crippen molar-refractivity contribution in [1.82, 2.24) is 15.0 Å². The summed E-state index contributed by atoms with van der Waals surface area (Å²) in [5, 5.41) is 9.09. The van der Waals surface area contributed by atoms with Gasteiger partial charge >= 0.3 is 0 Å². The Kier molecular flexibility index (Phi) is 3.99. The van der Waals surface area contributed by atoms with E-state index in [1.807, 2.05) is 29.8 Å². The average molecular weight is 265 g/mol. The fraction of sp³-hybridized carbons (Fsp3) is 0.385. The van der Waals surface area contributed by atoms with Crippen LogP contribution in [0.4, 0.5) is 0 Å². The van der Waals surface area contributed by atoms with E-state index < -0.39 is 0 Å². The molecule has 0 unspecified atom stereocenters. The SMILES string of the molecule is CCCc1c(CN)nnn1-c1ccc(Cl)cc1C. The summed E-state index contributed by atoms with van der Waals surface area (Å²) in [4.78, 5) is 0. The molecule has 0 saturated heterocycles. The summed E-state index contributed by atoms with van der Waals surface area (Å²) in [6.45, 7) is 4.56. The van der Waals surface area contributed by atoms with Gasteiger partial charge in [-0.3, -0.25) is 0 Å². The van der Waals surface area contributed by atoms with Crippen LogP contribution in [0.5, 0.6) is 0 Å². The van der Waals surface area contributed by atoms with Crippen molar-refractivity contribution >= 4 is 11.6 Å². The zero-order valence-electron chi connectivity index (χ0n) is 10.7. The fourth-order valence-electron chi connectivity index (χ4n) is 2.03. The molecule has 0 bridgehead atoms. The molecule has 0 aliphatic rings. The molecule has 18 heavy (non-hydrogen) atoms. The third kappa shape index (κ3) is 2.40. The third-order valence-corrected chi connectivity index (χ3v) is 3.15. The van der Waals surface area contributed by atoms with E-state index in [0.717, 1.165) is 40.5 Å². The number of nitrogens with zero attached hydrogens (tertiary/aromatic N) is 3. The predicted molar refractivity (Wildman–Crippen MR) is 73.0 cm³/mol. The van der Waals surface area contributed by atoms with Crippen LogP contribution < -0.4 is 5.73 Å². The molecule has 0 amide bonds. The Bertz CT molecular complexity index is 548. The minimum atomic E-state index is 0.419. The van der Waals surface area contributed by atoms with Crippen LogP contribution in [-0.4, -0.2) is 15.0 Å². The zero-order valence-corrected chi connectivity index (χ0v) is 11.4. The number of rotatable bonds is 4. The van der Waals surface area contributed by atoms with E-state index in [-0.39, 0.29) is 0 Å². The molecule has 0 aliphatic carbocycles. The van der Waals surface area contributed by atoms with Gasteiger partial charge in [-0.15, -0.1) is 5.10 Å². The van der Waals surface area contributed by atoms with Crippen molar-refractivity contribution < 1.29 is 0 Å². The molecule has 2 rings (SSSR count). The molecular formula is C13H17ClN4. The van der Waals surface area contributed by atoms with Gasteiger partial charge in [-0.25, -0.2) is 4.68 Å². The van der Waals surface area contributed by atoms with Gasteiger partial charge in [0.05, 0.1) is 17.1 Å². The van der Waals surface area contributed by atoms with E-state index in [1.165, 1.54) is 0 Å². The molecule has 0 aliphatic heterocycles. The molecule has 5 heteroatoms. The van der Waals surface area contributed by atoms with Crippen molar-refractivity contribution in [2.24, 2.45) is 5.73 Å². The Labute approximate surface area is 112 Å². The summed E-state index contributed by atoms with van der Waals surface area (Å²) < 4.78 is 1.87. The van der Waals surface area contributed by atoms with E-state index in [9.17, 15) is 0 Å². The number of hydrogen-bond acceptors (Lipinski definition) is 3. The number of aromatic nitrogens is 3. The maximum absolute atomic E-state index is 5.97. The molecule has 2 N–H and O–H groups in total. The highest BCUT2D eigenvalue weighted by atomic mass is 35.5. The maximum Gasteiger partial charge on any atom is 0.0999 e. The first-order chi connectivity index (χ1) is 8.67. The highest BCUT2D eigenvalue weighted by Crippen LogP contribution is 2.21. The molecule has 1 aromatic heterocycles. The topological polar surface area (TPSA) is 56.7 Å². The number of hydrogen-bond donors (Lipinski definition) is 1. The van der Waals surface area contributed by atoms with Crippen molar-refractivity contribution in [3.63, 3.8) is 0 Å². The highest BCUT2D eigenvalue weighted by Gasteiger charge is 2.13. The van der Waals surface area contributed by atoms with Gasteiger partial charge in [0, 0.05) is 11.6 Å². The van der Waals surface area contributed by atoms with Crippen LogP contribution in [0.3, 0.4) is 0 Å². The highest BCUT2D eigenvalue weighted by molar-refractivity contribution is 6.30. The maximum atomic E-state index is 5.97. The second kappa shape index (κ2) is 5.50. The van der Waals surface area contributed by atoms with E-state index in [0.29, 0.717) is 6.54 Å². The first-order valence-corrected chi connectivity index (χ1v) is 6.45. The van der Waals surface area contributed by atoms with Crippen LogP contribution >= 0.6 is 11.6 Å². The van der Waals surface area contributed by atoms with E-state index in [4.69, 9.17) is 17.3 Å². The summed E-state index contributed by atoms with van der Waals surface area (Å²) >= 11 is 5.97. The van der Waals surface area contributed by atoms with Crippen molar-refractivity contribution in [1.29, 1.82) is 0 Å². The Balaban J connectivity index is 2.52. The minimum absolute atomic E-state index is 0.419. The van der Waals surface area contributed by atoms with Gasteiger partial charge in [0.25, 0.3) is 0 Å². The van der Waals surface area contributed by atoms with Gasteiger partial charge in [-0.05, 0) is 37.1 Å². The van der Waals surface area contributed by atoms with Crippen molar-refractivity contribution in [2.75, 3.05) is 0 Å². The summed E-state index contributed by atoms with van der Waals surface area (Å²) in [5.41, 5.74) is 9.74. The largest absolute Gasteiger partial charge is 0.325 e. The lowest BCUT2D eigenvalue weighted by Crippen LogP contribution is -2.07. The molecule has 2 aromatic rings. The van der Waals surface area contributed by atoms with Crippen molar-refractivity contribution in [3.05, 3.63) is 40.2 Å². The normalized spacial score (nSPS) is 10.9. The number of aryl methyl sites for hydroxylation is 1. The zero-order chi connectivity index (χ0) is 13.1. The van der Waals surface area contributed by atoms with Gasteiger partial charge in [-0.1, -0.05) is 30.2 Å². The lowest BCUT2D eigenvalue weighted by molar-refractivity contribution is 0.742. The van der Waals surface area contributed by atoms with Crippen LogP contribution in [0, 0.1) is 6.92 Å². The summed E-state index contributed by atoms with van der Waals surface area (Å²) in [5.74, 6) is 0. The Morgan fingerprint density at radius 2 is 2.17 bits per heavy atom. The number of nitrogens with two attached hydrogens (primary N) is 1. The Morgan fingerprint density at radius 1 is 1.39 bits per heavy atom. The van der Waals surface area contributed by atoms with E-state index >= 15 is 0 Å². The molecule has 1 heterocycles. The summed E-state index contributed by atoms with van der Waals surface area (Å²) in [6, 6.07) is 5.76. The van der Waals surface area contributed by atoms with Gasteiger partial charge < -0.3 is 5.73 Å². The summed E-state index contributed by atoms with van der Waals surface area (Å²) in [6.07, 6.45) is 1.95. The number of halogens is 1. The first kappa shape index (κ1) is 13.1. The molecule has 0 radical (unpaired) electrons. The second-order valence-electron chi connectivity index (χ2n) is 4.28. The molecule has 1 aromatic carbocycles.